The van der Waals surface area contributed by atoms with Crippen LogP contribution in [0.1, 0.15) is 91.0 Å². The number of halogens is 5. The van der Waals surface area contributed by atoms with Gasteiger partial charge in [-0.1, -0.05) is 6.07 Å². The van der Waals surface area contributed by atoms with Crippen molar-refractivity contribution in [3.63, 3.8) is 0 Å². The first-order chi connectivity index (χ1) is 30.8. The normalized spacial score (nSPS) is 25.0. The van der Waals surface area contributed by atoms with Crippen molar-refractivity contribution in [2.24, 2.45) is 7.05 Å². The van der Waals surface area contributed by atoms with Crippen LogP contribution in [0.15, 0.2) is 41.6 Å². The molecule has 1 aliphatic carbocycles. The number of fused-ring (bicyclic) bond motifs is 2. The highest BCUT2D eigenvalue weighted by atomic mass is 19.3. The lowest BCUT2D eigenvalue weighted by Crippen LogP contribution is -2.64. The highest BCUT2D eigenvalue weighted by Gasteiger charge is 2.52. The van der Waals surface area contributed by atoms with E-state index in [9.17, 15) is 28.0 Å². The Balaban J connectivity index is 0.752. The molecule has 340 valence electrons. The molecule has 2 atom stereocenters. The first-order valence-corrected chi connectivity index (χ1v) is 21.7. The van der Waals surface area contributed by atoms with E-state index in [2.05, 4.69) is 25.8 Å². The number of morpholine rings is 1. The number of anilines is 2. The number of amides is 3. The van der Waals surface area contributed by atoms with Crippen molar-refractivity contribution >= 4 is 45.9 Å². The van der Waals surface area contributed by atoms with Crippen molar-refractivity contribution in [1.29, 1.82) is 0 Å². The number of imide groups is 1. The summed E-state index contributed by atoms with van der Waals surface area (Å²) >= 11 is 0. The third-order valence-electron chi connectivity index (χ3n) is 13.8. The molecule has 3 amide bonds. The number of aryl methyl sites for hydroxylation is 1. The molecule has 8 heterocycles. The van der Waals surface area contributed by atoms with Crippen LogP contribution in [0.25, 0.3) is 16.7 Å². The molecule has 5 aromatic rings. The standard InChI is InChI=1S/C42H47F5N12O5/c1-53-36-29(59(41(53)63)30-8-9-33(60)51-40(30)62)7-6-26(34(36)43)23-19-56(20-23)31-10-12-55(22-42(31,46)47)24-2-4-25(5-3-24)58-21-28(35(52-58)37(44)45)49-39(61)27-18-48-57-13-11-32(50-38(27)57)54-14-16-64-17-15-54/h6-7,11,13,18,21,23-25,30-31,37H,2-5,8-10,12,14-17,19-20,22H2,1H3,(H,49,61)(H,51,60,62). The molecule has 2 unspecified atom stereocenters. The number of carbonyl (C=O) groups is 3. The molecule has 1 saturated carbocycles. The van der Waals surface area contributed by atoms with Crippen LogP contribution in [-0.4, -0.2) is 132 Å². The molecule has 0 radical (unpaired) electrons. The molecular formula is C42H47F5N12O5. The lowest BCUT2D eigenvalue weighted by molar-refractivity contribution is -0.151. The Labute approximate surface area is 362 Å². The summed E-state index contributed by atoms with van der Waals surface area (Å²) in [4.78, 5) is 61.1. The predicted octanol–water partition coefficient (Wildman–Crippen LogP) is 4.02. The van der Waals surface area contributed by atoms with Crippen LogP contribution in [0.2, 0.25) is 0 Å². The fourth-order valence-electron chi connectivity index (χ4n) is 10.4. The van der Waals surface area contributed by atoms with Gasteiger partial charge in [0.25, 0.3) is 18.3 Å². The number of alkyl halides is 4. The maximum Gasteiger partial charge on any atom is 0.329 e. The summed E-state index contributed by atoms with van der Waals surface area (Å²) in [6.07, 6.45) is 3.97. The van der Waals surface area contributed by atoms with E-state index in [0.29, 0.717) is 69.9 Å². The van der Waals surface area contributed by atoms with Crippen LogP contribution >= 0.6 is 0 Å². The van der Waals surface area contributed by atoms with Crippen LogP contribution in [0, 0.1) is 5.82 Å². The molecule has 4 aliphatic heterocycles. The van der Waals surface area contributed by atoms with Gasteiger partial charge >= 0.3 is 5.69 Å². The van der Waals surface area contributed by atoms with Crippen molar-refractivity contribution in [1.82, 2.24) is 48.6 Å². The molecule has 5 fully saturated rings. The monoisotopic (exact) mass is 894 g/mol. The van der Waals surface area contributed by atoms with Crippen molar-refractivity contribution in [3.8, 4) is 0 Å². The van der Waals surface area contributed by atoms with Gasteiger partial charge in [-0.05, 0) is 56.2 Å². The van der Waals surface area contributed by atoms with Crippen molar-refractivity contribution in [2.45, 2.75) is 87.4 Å². The smallest absolute Gasteiger partial charge is 0.329 e. The average molecular weight is 895 g/mol. The summed E-state index contributed by atoms with van der Waals surface area (Å²) in [6, 6.07) is 2.51. The average Bonchev–Trinajstić information content (AvgIpc) is 3.96. The molecule has 2 N–H and O–H groups in total. The van der Waals surface area contributed by atoms with E-state index in [1.807, 2.05) is 9.80 Å². The van der Waals surface area contributed by atoms with E-state index in [1.54, 1.807) is 29.3 Å². The number of benzene rings is 1. The van der Waals surface area contributed by atoms with Gasteiger partial charge in [-0.15, -0.1) is 0 Å². The molecule has 5 aliphatic rings. The third kappa shape index (κ3) is 7.41. The number of nitrogens with zero attached hydrogens (tertiary/aromatic N) is 10. The number of carbonyl (C=O) groups excluding carboxylic acids is 3. The zero-order chi connectivity index (χ0) is 44.6. The molecule has 4 saturated heterocycles. The molecule has 4 aromatic heterocycles. The van der Waals surface area contributed by atoms with Gasteiger partial charge in [-0.2, -0.15) is 10.2 Å². The summed E-state index contributed by atoms with van der Waals surface area (Å²) in [7, 11) is 1.41. The first kappa shape index (κ1) is 42.2. The number of aromatic nitrogens is 7. The lowest BCUT2D eigenvalue weighted by atomic mass is 9.84. The second-order valence-electron chi connectivity index (χ2n) is 17.5. The van der Waals surface area contributed by atoms with Gasteiger partial charge < -0.3 is 15.0 Å². The van der Waals surface area contributed by atoms with Crippen molar-refractivity contribution in [3.05, 3.63) is 69.9 Å². The number of hydrogen-bond acceptors (Lipinski definition) is 11. The topological polar surface area (TPSA) is 169 Å². The van der Waals surface area contributed by atoms with Crippen molar-refractivity contribution < 1.29 is 41.1 Å². The molecular weight excluding hydrogens is 848 g/mol. The van der Waals surface area contributed by atoms with Gasteiger partial charge in [-0.3, -0.25) is 43.3 Å². The summed E-state index contributed by atoms with van der Waals surface area (Å²) in [5, 5.41) is 13.2. The zero-order valence-corrected chi connectivity index (χ0v) is 34.9. The number of piperidine rings is 2. The maximum atomic E-state index is 16.1. The van der Waals surface area contributed by atoms with Crippen LogP contribution in [-0.2, 0) is 21.4 Å². The van der Waals surface area contributed by atoms with Gasteiger partial charge in [0, 0.05) is 70.5 Å². The van der Waals surface area contributed by atoms with E-state index in [-0.39, 0.29) is 78.3 Å². The van der Waals surface area contributed by atoms with E-state index in [1.165, 1.54) is 33.2 Å². The lowest BCUT2D eigenvalue weighted by Gasteiger charge is -2.51. The van der Waals surface area contributed by atoms with Crippen LogP contribution in [0.3, 0.4) is 0 Å². The Kier molecular flexibility index (Phi) is 10.8. The second kappa shape index (κ2) is 16.4. The Hall–Kier alpha value is -5.74. The highest BCUT2D eigenvalue weighted by Crippen LogP contribution is 2.42. The van der Waals surface area contributed by atoms with Crippen molar-refractivity contribution in [2.75, 3.05) is 62.7 Å². The van der Waals surface area contributed by atoms with Crippen LogP contribution in [0.5, 0.6) is 0 Å². The van der Waals surface area contributed by atoms with Gasteiger partial charge in [0.1, 0.15) is 22.9 Å². The van der Waals surface area contributed by atoms with Gasteiger partial charge in [0.15, 0.2) is 17.2 Å². The molecule has 1 aromatic carbocycles. The Morgan fingerprint density at radius 2 is 1.72 bits per heavy atom. The fourth-order valence-corrected chi connectivity index (χ4v) is 10.4. The van der Waals surface area contributed by atoms with E-state index < -0.39 is 65.9 Å². The van der Waals surface area contributed by atoms with Gasteiger partial charge in [-0.25, -0.2) is 36.2 Å². The highest BCUT2D eigenvalue weighted by molar-refractivity contribution is 6.08. The third-order valence-corrected chi connectivity index (χ3v) is 13.8. The Morgan fingerprint density at radius 3 is 2.44 bits per heavy atom. The van der Waals surface area contributed by atoms with E-state index in [4.69, 9.17) is 4.74 Å². The first-order valence-electron chi connectivity index (χ1n) is 21.7. The van der Waals surface area contributed by atoms with E-state index in [0.717, 1.165) is 4.57 Å². The number of ether oxygens (including phenoxy) is 1. The zero-order valence-electron chi connectivity index (χ0n) is 34.9. The van der Waals surface area contributed by atoms with Crippen LogP contribution in [0.4, 0.5) is 33.5 Å². The number of likely N-dealkylation sites (tertiary alicyclic amines) is 2. The maximum absolute atomic E-state index is 16.1. The minimum absolute atomic E-state index is 0.0176. The Morgan fingerprint density at radius 1 is 0.969 bits per heavy atom. The molecule has 64 heavy (non-hydrogen) atoms. The summed E-state index contributed by atoms with van der Waals surface area (Å²) in [5.74, 6) is -5.13. The molecule has 0 spiro atoms. The number of imidazole rings is 1. The number of nitrogens with one attached hydrogen (secondary N) is 2. The fraction of sp³-hybridized carbons (Fsp3) is 0.548. The minimum atomic E-state index is -3.05. The molecule has 17 nitrogen and oxygen atoms in total. The summed E-state index contributed by atoms with van der Waals surface area (Å²) in [6.45, 7) is 2.79. The second-order valence-corrected chi connectivity index (χ2v) is 17.5. The molecule has 10 rings (SSSR count). The van der Waals surface area contributed by atoms with Gasteiger partial charge in [0.05, 0.1) is 49.2 Å². The SMILES string of the molecule is Cn1c(=O)n(C2CCC(=O)NC2=O)c2ccc(C3CN(C4CCN(C5CCC(n6cc(NC(=O)c7cnn8ccc(N9CCOCC9)nc78)c(C(F)F)n6)CC5)CC4(F)F)C3)c(F)c21. The Bertz CT molecular complexity index is 2690. The largest absolute Gasteiger partial charge is 0.378 e. The quantitative estimate of drug-likeness (QED) is 0.162. The summed E-state index contributed by atoms with van der Waals surface area (Å²) < 4.78 is 87.3. The number of rotatable bonds is 9. The van der Waals surface area contributed by atoms with Gasteiger partial charge in [0.2, 0.25) is 11.8 Å². The van der Waals surface area contributed by atoms with Crippen LogP contribution < -0.4 is 21.2 Å². The summed E-state index contributed by atoms with van der Waals surface area (Å²) in [5.41, 5.74) is -0.350. The number of hydrogen-bond donors (Lipinski definition) is 2. The minimum Gasteiger partial charge on any atom is -0.378 e. The molecule has 0 bridgehead atoms. The molecule has 22 heteroatoms. The van der Waals surface area contributed by atoms with E-state index >= 15 is 13.2 Å². The predicted molar refractivity (Wildman–Crippen MR) is 220 cm³/mol.